The van der Waals surface area contributed by atoms with E-state index >= 15 is 0 Å². The van der Waals surface area contributed by atoms with E-state index in [1.807, 2.05) is 31.0 Å². The molecule has 10 heteroatoms. The molecule has 1 amide bonds. The van der Waals surface area contributed by atoms with E-state index < -0.39 is 6.10 Å². The van der Waals surface area contributed by atoms with E-state index in [1.54, 1.807) is 6.07 Å². The normalized spacial score (nSPS) is 16.1. The number of β-amino-alcohol motifs (C(OH)–C–C–N with tert-alkyl or cyclic N) is 1. The molecule has 1 atom stereocenters. The summed E-state index contributed by atoms with van der Waals surface area (Å²) in [5.41, 5.74) is 3.86. The van der Waals surface area contributed by atoms with Crippen molar-refractivity contribution in [2.45, 2.75) is 64.8 Å². The van der Waals surface area contributed by atoms with E-state index in [0.717, 1.165) is 67.7 Å². The third-order valence-corrected chi connectivity index (χ3v) is 7.85. The molecule has 3 N–H and O–H groups in total. The highest BCUT2D eigenvalue weighted by Gasteiger charge is 2.22. The maximum atomic E-state index is 13.0. The van der Waals surface area contributed by atoms with Crippen LogP contribution < -0.4 is 20.3 Å². The molecule has 0 spiro atoms. The first-order valence-corrected chi connectivity index (χ1v) is 14.2. The predicted molar refractivity (Wildman–Crippen MR) is 154 cm³/mol. The minimum absolute atomic E-state index is 0.183. The number of ether oxygens (including phenoxy) is 1. The molecule has 10 nitrogen and oxygen atoms in total. The summed E-state index contributed by atoms with van der Waals surface area (Å²) < 4.78 is 11.3. The van der Waals surface area contributed by atoms with Crippen LogP contribution in [0.3, 0.4) is 0 Å². The van der Waals surface area contributed by atoms with Crippen LogP contribution in [0.1, 0.15) is 59.1 Å². The number of aliphatic hydroxyl groups excluding tert-OH is 1. The fraction of sp³-hybridized carbons (Fsp3) is 0.500. The number of fused-ring (bicyclic) bond motifs is 1. The second-order valence-corrected chi connectivity index (χ2v) is 10.8. The van der Waals surface area contributed by atoms with Gasteiger partial charge in [-0.15, -0.1) is 0 Å². The molecule has 1 unspecified atom stereocenters. The lowest BCUT2D eigenvalue weighted by Gasteiger charge is -2.30. The van der Waals surface area contributed by atoms with E-state index in [4.69, 9.17) is 14.1 Å². The van der Waals surface area contributed by atoms with Gasteiger partial charge < -0.3 is 29.8 Å². The van der Waals surface area contributed by atoms with Crippen molar-refractivity contribution in [3.63, 3.8) is 0 Å². The first-order chi connectivity index (χ1) is 19.4. The van der Waals surface area contributed by atoms with Crippen LogP contribution in [0.2, 0.25) is 0 Å². The van der Waals surface area contributed by atoms with Gasteiger partial charge in [0, 0.05) is 51.4 Å². The van der Waals surface area contributed by atoms with Gasteiger partial charge in [0.2, 0.25) is 0 Å². The second-order valence-electron chi connectivity index (χ2n) is 10.8. The molecule has 5 rings (SSSR count). The highest BCUT2D eigenvalue weighted by Crippen LogP contribution is 2.26. The summed E-state index contributed by atoms with van der Waals surface area (Å²) in [6.07, 6.45) is 5.10. The number of hydrogen-bond donors (Lipinski definition) is 3. The van der Waals surface area contributed by atoms with Crippen molar-refractivity contribution in [2.24, 2.45) is 0 Å². The highest BCUT2D eigenvalue weighted by atomic mass is 16.5. The highest BCUT2D eigenvalue weighted by molar-refractivity contribution is 5.95. The fourth-order valence-corrected chi connectivity index (χ4v) is 4.96. The number of oxazole rings is 1. The Morgan fingerprint density at radius 2 is 2.12 bits per heavy atom. The number of rotatable bonds is 12. The molecule has 1 fully saturated rings. The van der Waals surface area contributed by atoms with Gasteiger partial charge in [0.15, 0.2) is 12.2 Å². The topological polar surface area (TPSA) is 116 Å². The van der Waals surface area contributed by atoms with Crippen LogP contribution >= 0.6 is 0 Å². The van der Waals surface area contributed by atoms with Crippen LogP contribution in [0.25, 0.3) is 0 Å². The number of aryl methyl sites for hydroxylation is 1. The number of aromatic nitrogens is 2. The Bertz CT molecular complexity index is 1310. The molecule has 3 heterocycles. The number of pyridine rings is 1. The van der Waals surface area contributed by atoms with Crippen molar-refractivity contribution in [2.75, 3.05) is 43.4 Å². The van der Waals surface area contributed by atoms with Crippen LogP contribution in [0.15, 0.2) is 41.1 Å². The summed E-state index contributed by atoms with van der Waals surface area (Å²) in [6.45, 7) is 7.33. The van der Waals surface area contributed by atoms with Crippen LogP contribution in [0.5, 0.6) is 5.75 Å². The Morgan fingerprint density at radius 3 is 2.85 bits per heavy atom. The van der Waals surface area contributed by atoms with Crippen molar-refractivity contribution in [1.29, 1.82) is 0 Å². The van der Waals surface area contributed by atoms with Crippen molar-refractivity contribution >= 4 is 17.5 Å². The van der Waals surface area contributed by atoms with E-state index in [1.165, 1.54) is 23.9 Å². The van der Waals surface area contributed by atoms with Crippen molar-refractivity contribution in [3.05, 3.63) is 64.9 Å². The average molecular weight is 549 g/mol. The van der Waals surface area contributed by atoms with Crippen LogP contribution in [-0.4, -0.2) is 71.3 Å². The second kappa shape index (κ2) is 12.7. The van der Waals surface area contributed by atoms with Gasteiger partial charge in [-0.2, -0.15) is 0 Å². The fourth-order valence-electron chi connectivity index (χ4n) is 4.96. The smallest absolute Gasteiger partial charge is 0.251 e. The summed E-state index contributed by atoms with van der Waals surface area (Å²) in [7, 11) is 1.96. The van der Waals surface area contributed by atoms with Gasteiger partial charge in [-0.05, 0) is 74.9 Å². The summed E-state index contributed by atoms with van der Waals surface area (Å²) in [6, 6.07) is 10.2. The van der Waals surface area contributed by atoms with Crippen molar-refractivity contribution < 1.29 is 19.1 Å². The Morgan fingerprint density at radius 1 is 1.27 bits per heavy atom. The minimum Gasteiger partial charge on any atom is -0.486 e. The number of hydrogen-bond acceptors (Lipinski definition) is 9. The molecule has 40 heavy (non-hydrogen) atoms. The summed E-state index contributed by atoms with van der Waals surface area (Å²) in [5.74, 6) is 2.81. The van der Waals surface area contributed by atoms with Crippen LogP contribution in [0.4, 0.5) is 11.6 Å². The third kappa shape index (κ3) is 6.92. The average Bonchev–Trinajstić information content (AvgIpc) is 3.36. The lowest BCUT2D eigenvalue weighted by Crippen LogP contribution is -2.42. The SMILES string of the molecule is CCN(C)c1cc(C(=O)NCC(O)CN2CCc3cc(OCc4ocnc4C)ccc3C2)cc(NC2CCC2)n1. The van der Waals surface area contributed by atoms with Gasteiger partial charge in [-0.1, -0.05) is 6.07 Å². The van der Waals surface area contributed by atoms with E-state index in [-0.39, 0.29) is 12.5 Å². The van der Waals surface area contributed by atoms with Crippen LogP contribution in [0, 0.1) is 6.92 Å². The van der Waals surface area contributed by atoms with E-state index in [0.29, 0.717) is 24.8 Å². The number of benzene rings is 1. The zero-order chi connectivity index (χ0) is 28.1. The molecule has 2 aromatic heterocycles. The monoisotopic (exact) mass is 548 g/mol. The first-order valence-electron chi connectivity index (χ1n) is 14.2. The molecule has 3 aromatic rings. The Balaban J connectivity index is 1.12. The minimum atomic E-state index is -0.676. The number of nitrogens with zero attached hydrogens (tertiary/aromatic N) is 4. The quantitative estimate of drug-likeness (QED) is 0.313. The molecule has 1 aliphatic heterocycles. The largest absolute Gasteiger partial charge is 0.486 e. The summed E-state index contributed by atoms with van der Waals surface area (Å²) >= 11 is 0. The standard InChI is InChI=1S/C30H40N6O4/c1-4-35(3)29-14-23(13-28(34-29)33-24-6-5-7-24)30(38)31-15-25(37)17-36-11-10-21-12-26(9-8-22(21)16-36)39-18-27-20(2)32-19-40-27/h8-9,12-14,19,24-25,37H,4-7,10-11,15-18H2,1-3H3,(H,31,38)(H,33,34). The van der Waals surface area contributed by atoms with Gasteiger partial charge in [-0.25, -0.2) is 9.97 Å². The lowest BCUT2D eigenvalue weighted by atomic mass is 9.93. The molecule has 0 saturated heterocycles. The van der Waals surface area contributed by atoms with Gasteiger partial charge in [-0.3, -0.25) is 9.69 Å². The molecule has 214 valence electrons. The van der Waals surface area contributed by atoms with Crippen LogP contribution in [-0.2, 0) is 19.6 Å². The molecule has 1 saturated carbocycles. The van der Waals surface area contributed by atoms with Crippen molar-refractivity contribution in [3.8, 4) is 5.75 Å². The zero-order valence-corrected chi connectivity index (χ0v) is 23.7. The van der Waals surface area contributed by atoms with E-state index in [2.05, 4.69) is 39.6 Å². The first kappa shape index (κ1) is 27.9. The molecule has 1 aromatic carbocycles. The summed E-state index contributed by atoms with van der Waals surface area (Å²) in [4.78, 5) is 26.1. The molecular formula is C30H40N6O4. The van der Waals surface area contributed by atoms with Gasteiger partial charge in [0.1, 0.15) is 24.0 Å². The number of amides is 1. The lowest BCUT2D eigenvalue weighted by molar-refractivity contribution is 0.0841. The van der Waals surface area contributed by atoms with Gasteiger partial charge in [0.05, 0.1) is 11.8 Å². The molecule has 0 radical (unpaired) electrons. The number of carbonyl (C=O) groups excluding carboxylic acids is 1. The number of carbonyl (C=O) groups is 1. The number of nitrogens with one attached hydrogen (secondary N) is 2. The van der Waals surface area contributed by atoms with Gasteiger partial charge in [0.25, 0.3) is 5.91 Å². The molecule has 1 aliphatic carbocycles. The van der Waals surface area contributed by atoms with E-state index in [9.17, 15) is 9.90 Å². The number of anilines is 2. The Hall–Kier alpha value is -3.63. The third-order valence-electron chi connectivity index (χ3n) is 7.85. The zero-order valence-electron chi connectivity index (χ0n) is 23.7. The predicted octanol–water partition coefficient (Wildman–Crippen LogP) is 3.53. The maximum absolute atomic E-state index is 13.0. The number of aliphatic hydroxyl groups is 1. The Kier molecular flexibility index (Phi) is 8.86. The Labute approximate surface area is 235 Å². The molecule has 0 bridgehead atoms. The summed E-state index contributed by atoms with van der Waals surface area (Å²) in [5, 5.41) is 17.1. The molecule has 2 aliphatic rings. The molecular weight excluding hydrogens is 508 g/mol. The van der Waals surface area contributed by atoms with Crippen molar-refractivity contribution in [1.82, 2.24) is 20.2 Å². The maximum Gasteiger partial charge on any atom is 0.251 e. The van der Waals surface area contributed by atoms with Gasteiger partial charge >= 0.3 is 0 Å².